The van der Waals surface area contributed by atoms with Crippen LogP contribution in [0.2, 0.25) is 0 Å². The zero-order chi connectivity index (χ0) is 19.4. The second kappa shape index (κ2) is 6.38. The number of carbonyl (C=O) groups is 3. The first-order valence-electron chi connectivity index (χ1n) is 9.27. The number of hydrogen-bond acceptors (Lipinski definition) is 4. The number of dihydropyridines is 1. The second-order valence-corrected chi connectivity index (χ2v) is 8.19. The number of fused-ring (bicyclic) bond motifs is 1. The van der Waals surface area contributed by atoms with E-state index in [1.54, 1.807) is 24.3 Å². The topological polar surface area (TPSA) is 63.2 Å². The van der Waals surface area contributed by atoms with E-state index in [0.29, 0.717) is 40.8 Å². The van der Waals surface area contributed by atoms with E-state index in [-0.39, 0.29) is 17.3 Å². The van der Waals surface area contributed by atoms with Gasteiger partial charge in [-0.15, -0.1) is 0 Å². The molecule has 0 saturated carbocycles. The smallest absolute Gasteiger partial charge is 0.210 e. The van der Waals surface area contributed by atoms with Gasteiger partial charge in [-0.05, 0) is 30.5 Å². The standard InChI is InChI=1S/C23H16BrNO3/c24-13-10-8-12(9-11-13)18-19-16(6-3-7-17(19)26)25-21-20(18)22(27)14-4-1-2-5-15(14)23(21)28/h1-2,4-5,8-11,18,25H,3,6-7H2. The molecular weight excluding hydrogens is 418 g/mol. The minimum atomic E-state index is -0.517. The average Bonchev–Trinajstić information content (AvgIpc) is 2.71. The molecule has 1 aliphatic heterocycles. The van der Waals surface area contributed by atoms with Crippen LogP contribution in [0.15, 0.2) is 75.5 Å². The third kappa shape index (κ3) is 2.46. The number of benzene rings is 2. The van der Waals surface area contributed by atoms with Gasteiger partial charge in [0.15, 0.2) is 11.6 Å². The fourth-order valence-corrected chi connectivity index (χ4v) is 4.67. The molecule has 0 amide bonds. The van der Waals surface area contributed by atoms with Crippen LogP contribution < -0.4 is 5.32 Å². The highest BCUT2D eigenvalue weighted by atomic mass is 79.9. The first-order chi connectivity index (χ1) is 13.6. The van der Waals surface area contributed by atoms with Gasteiger partial charge >= 0.3 is 0 Å². The predicted molar refractivity (Wildman–Crippen MR) is 108 cm³/mol. The highest BCUT2D eigenvalue weighted by molar-refractivity contribution is 9.10. The Kier molecular flexibility index (Phi) is 3.95. The summed E-state index contributed by atoms with van der Waals surface area (Å²) >= 11 is 3.44. The van der Waals surface area contributed by atoms with Crippen molar-refractivity contribution < 1.29 is 14.4 Å². The van der Waals surface area contributed by atoms with E-state index in [9.17, 15) is 14.4 Å². The van der Waals surface area contributed by atoms with Crippen molar-refractivity contribution in [3.05, 3.63) is 92.2 Å². The molecule has 1 N–H and O–H groups in total. The molecule has 3 aliphatic rings. The zero-order valence-corrected chi connectivity index (χ0v) is 16.5. The quantitative estimate of drug-likeness (QED) is 0.719. The van der Waals surface area contributed by atoms with Gasteiger partial charge in [-0.2, -0.15) is 0 Å². The van der Waals surface area contributed by atoms with E-state index in [1.807, 2.05) is 24.3 Å². The van der Waals surface area contributed by atoms with Gasteiger partial charge in [0.25, 0.3) is 0 Å². The molecule has 2 aromatic rings. The number of carbonyl (C=O) groups excluding carboxylic acids is 3. The lowest BCUT2D eigenvalue weighted by Gasteiger charge is -2.36. The maximum absolute atomic E-state index is 13.4. The van der Waals surface area contributed by atoms with E-state index in [1.165, 1.54) is 0 Å². The average molecular weight is 434 g/mol. The molecule has 138 valence electrons. The fraction of sp³-hybridized carbons (Fsp3) is 0.174. The Morgan fingerprint density at radius 2 is 1.50 bits per heavy atom. The molecule has 28 heavy (non-hydrogen) atoms. The van der Waals surface area contributed by atoms with Gasteiger partial charge in [0, 0.05) is 44.8 Å². The summed E-state index contributed by atoms with van der Waals surface area (Å²) in [5.74, 6) is -0.836. The van der Waals surface area contributed by atoms with Gasteiger partial charge in [-0.25, -0.2) is 0 Å². The maximum atomic E-state index is 13.4. The molecule has 1 unspecified atom stereocenters. The van der Waals surface area contributed by atoms with Crippen LogP contribution >= 0.6 is 15.9 Å². The van der Waals surface area contributed by atoms with Crippen molar-refractivity contribution in [1.82, 2.24) is 5.32 Å². The van der Waals surface area contributed by atoms with E-state index in [4.69, 9.17) is 0 Å². The van der Waals surface area contributed by atoms with E-state index >= 15 is 0 Å². The molecule has 2 aromatic carbocycles. The van der Waals surface area contributed by atoms with E-state index < -0.39 is 5.92 Å². The molecule has 0 aromatic heterocycles. The number of ketones is 3. The lowest BCUT2D eigenvalue weighted by molar-refractivity contribution is -0.116. The molecule has 0 fully saturated rings. The van der Waals surface area contributed by atoms with Gasteiger partial charge in [-0.3, -0.25) is 14.4 Å². The maximum Gasteiger partial charge on any atom is 0.210 e. The third-order valence-electron chi connectivity index (χ3n) is 5.67. The summed E-state index contributed by atoms with van der Waals surface area (Å²) in [5, 5.41) is 3.18. The Morgan fingerprint density at radius 1 is 0.821 bits per heavy atom. The van der Waals surface area contributed by atoms with Crippen molar-refractivity contribution in [2.24, 2.45) is 0 Å². The van der Waals surface area contributed by atoms with Crippen LogP contribution in [0.3, 0.4) is 0 Å². The summed E-state index contributed by atoms with van der Waals surface area (Å²) in [7, 11) is 0. The summed E-state index contributed by atoms with van der Waals surface area (Å²) < 4.78 is 0.917. The van der Waals surface area contributed by atoms with Gasteiger partial charge in [0.1, 0.15) is 0 Å². The van der Waals surface area contributed by atoms with Crippen LogP contribution in [0.25, 0.3) is 0 Å². The monoisotopic (exact) mass is 433 g/mol. The summed E-state index contributed by atoms with van der Waals surface area (Å²) in [4.78, 5) is 39.5. The van der Waals surface area contributed by atoms with Gasteiger partial charge in [-0.1, -0.05) is 52.3 Å². The Balaban J connectivity index is 1.76. The molecular formula is C23H16BrNO3. The molecule has 5 rings (SSSR count). The minimum Gasteiger partial charge on any atom is -0.355 e. The Bertz CT molecular complexity index is 1120. The fourth-order valence-electron chi connectivity index (χ4n) is 4.41. The molecule has 2 aliphatic carbocycles. The van der Waals surface area contributed by atoms with Crippen LogP contribution in [0.5, 0.6) is 0 Å². The van der Waals surface area contributed by atoms with Crippen molar-refractivity contribution in [2.75, 3.05) is 0 Å². The van der Waals surface area contributed by atoms with Crippen LogP contribution in [-0.2, 0) is 4.79 Å². The Labute approximate surface area is 170 Å². The Hall–Kier alpha value is -2.79. The number of nitrogens with one attached hydrogen (secondary N) is 1. The Morgan fingerprint density at radius 3 is 2.21 bits per heavy atom. The summed E-state index contributed by atoms with van der Waals surface area (Å²) in [6.07, 6.45) is 1.92. The number of rotatable bonds is 1. The van der Waals surface area contributed by atoms with Crippen molar-refractivity contribution in [1.29, 1.82) is 0 Å². The second-order valence-electron chi connectivity index (χ2n) is 7.27. The number of hydrogen-bond donors (Lipinski definition) is 1. The molecule has 0 radical (unpaired) electrons. The third-order valence-corrected chi connectivity index (χ3v) is 6.20. The number of Topliss-reactive ketones (excluding diaryl/α,β-unsaturated/α-hetero) is 3. The summed E-state index contributed by atoms with van der Waals surface area (Å²) in [6.45, 7) is 0. The molecule has 0 bridgehead atoms. The summed E-state index contributed by atoms with van der Waals surface area (Å²) in [5.41, 5.74) is 3.80. The highest BCUT2D eigenvalue weighted by Gasteiger charge is 2.44. The molecule has 4 nitrogen and oxygen atoms in total. The lowest BCUT2D eigenvalue weighted by atomic mass is 9.70. The van der Waals surface area contributed by atoms with E-state index in [0.717, 1.165) is 22.2 Å². The zero-order valence-electron chi connectivity index (χ0n) is 14.9. The highest BCUT2D eigenvalue weighted by Crippen LogP contribution is 2.45. The molecule has 0 spiro atoms. The normalized spacial score (nSPS) is 21.2. The minimum absolute atomic E-state index is 0.0485. The van der Waals surface area contributed by atoms with Gasteiger partial charge in [0.2, 0.25) is 5.78 Å². The number of allylic oxidation sites excluding steroid dienone is 4. The first kappa shape index (κ1) is 17.3. The predicted octanol–water partition coefficient (Wildman–Crippen LogP) is 4.48. The SMILES string of the molecule is O=C1CCCC2=C1C(c1ccc(Br)cc1)C1=C(N2)C(=O)c2ccccc2C1=O. The molecule has 1 atom stereocenters. The van der Waals surface area contributed by atoms with Gasteiger partial charge in [0.05, 0.1) is 5.70 Å². The van der Waals surface area contributed by atoms with Gasteiger partial charge < -0.3 is 5.32 Å². The van der Waals surface area contributed by atoms with Crippen LogP contribution in [0.1, 0.15) is 51.5 Å². The van der Waals surface area contributed by atoms with Crippen molar-refractivity contribution >= 4 is 33.3 Å². The summed E-state index contributed by atoms with van der Waals surface area (Å²) in [6, 6.07) is 14.5. The largest absolute Gasteiger partial charge is 0.355 e. The molecule has 0 saturated heterocycles. The van der Waals surface area contributed by atoms with Crippen LogP contribution in [0, 0.1) is 0 Å². The van der Waals surface area contributed by atoms with Crippen molar-refractivity contribution in [3.63, 3.8) is 0 Å². The van der Waals surface area contributed by atoms with Crippen LogP contribution in [-0.4, -0.2) is 17.3 Å². The first-order valence-corrected chi connectivity index (χ1v) is 10.1. The van der Waals surface area contributed by atoms with Crippen molar-refractivity contribution in [3.8, 4) is 0 Å². The molecule has 1 heterocycles. The van der Waals surface area contributed by atoms with Crippen molar-refractivity contribution in [2.45, 2.75) is 25.2 Å². The lowest BCUT2D eigenvalue weighted by Crippen LogP contribution is -2.40. The number of halogens is 1. The van der Waals surface area contributed by atoms with E-state index in [2.05, 4.69) is 21.2 Å². The molecule has 5 heteroatoms. The van der Waals surface area contributed by atoms with Crippen LogP contribution in [0.4, 0.5) is 0 Å².